The molecule has 0 N–H and O–H groups in total. The average molecular weight is 370 g/mol. The van der Waals surface area contributed by atoms with E-state index in [0.717, 1.165) is 28.1 Å². The Labute approximate surface area is 167 Å². The molecule has 2 aromatic carbocycles. The number of hydrogen-bond donors (Lipinski definition) is 0. The first-order valence-electron chi connectivity index (χ1n) is 9.61. The van der Waals surface area contributed by atoms with Crippen molar-refractivity contribution in [3.05, 3.63) is 60.8 Å². The Bertz CT molecular complexity index is 970. The maximum atomic E-state index is 6.13. The second-order valence-electron chi connectivity index (χ2n) is 8.34. The average Bonchev–Trinajstić information content (AvgIpc) is 2.90. The molecule has 2 heterocycles. The molecule has 0 bridgehead atoms. The summed E-state index contributed by atoms with van der Waals surface area (Å²) in [6.07, 6.45) is 1.81. The largest absolute Gasteiger partial charge is 0.494 e. The van der Waals surface area contributed by atoms with E-state index in [-0.39, 0.29) is 18.3 Å². The lowest BCUT2D eigenvalue weighted by molar-refractivity contribution is 0.00578. The van der Waals surface area contributed by atoms with E-state index in [2.05, 4.69) is 76.9 Å². The van der Waals surface area contributed by atoms with E-state index < -0.39 is 0 Å². The third kappa shape index (κ3) is 3.50. The lowest BCUT2D eigenvalue weighted by Crippen LogP contribution is -2.41. The van der Waals surface area contributed by atoms with Gasteiger partial charge in [-0.2, -0.15) is 0 Å². The monoisotopic (exact) mass is 370 g/mol. The van der Waals surface area contributed by atoms with Gasteiger partial charge in [0.15, 0.2) is 5.82 Å². The van der Waals surface area contributed by atoms with Crippen molar-refractivity contribution in [2.24, 2.45) is 0 Å². The van der Waals surface area contributed by atoms with Gasteiger partial charge in [0, 0.05) is 17.3 Å². The zero-order valence-corrected chi connectivity index (χ0v) is 17.1. The SMILES string of the molecule is Bc1ccc(-c2nccc(-c3ccc(B4OC(C)(C)C(C)(C)O4)cc3)n2)cc1. The summed E-state index contributed by atoms with van der Waals surface area (Å²) in [6.45, 7) is 8.26. The number of benzene rings is 2. The molecule has 140 valence electrons. The van der Waals surface area contributed by atoms with Gasteiger partial charge in [-0.3, -0.25) is 0 Å². The number of nitrogens with zero attached hydrogens (tertiary/aromatic N) is 2. The zero-order valence-electron chi connectivity index (χ0n) is 17.1. The van der Waals surface area contributed by atoms with E-state index in [1.54, 1.807) is 6.20 Å². The van der Waals surface area contributed by atoms with Crippen LogP contribution in [0.2, 0.25) is 0 Å². The zero-order chi connectivity index (χ0) is 19.9. The molecule has 1 fully saturated rings. The van der Waals surface area contributed by atoms with E-state index in [1.807, 2.05) is 18.2 Å². The van der Waals surface area contributed by atoms with Crippen LogP contribution in [-0.4, -0.2) is 36.1 Å². The highest BCUT2D eigenvalue weighted by Gasteiger charge is 2.51. The van der Waals surface area contributed by atoms with Crippen LogP contribution in [0.4, 0.5) is 0 Å². The number of rotatable bonds is 3. The molecule has 1 aliphatic rings. The number of hydrogen-bond acceptors (Lipinski definition) is 4. The molecule has 1 aromatic heterocycles. The topological polar surface area (TPSA) is 44.2 Å². The first-order chi connectivity index (χ1) is 13.2. The van der Waals surface area contributed by atoms with Gasteiger partial charge in [0.25, 0.3) is 0 Å². The van der Waals surface area contributed by atoms with Crippen molar-refractivity contribution < 1.29 is 9.31 Å². The molecule has 1 saturated heterocycles. The minimum Gasteiger partial charge on any atom is -0.399 e. The maximum absolute atomic E-state index is 6.13. The Hall–Kier alpha value is -2.43. The molecule has 6 heteroatoms. The van der Waals surface area contributed by atoms with Crippen molar-refractivity contribution in [3.63, 3.8) is 0 Å². The second-order valence-corrected chi connectivity index (χ2v) is 8.34. The quantitative estimate of drug-likeness (QED) is 0.665. The summed E-state index contributed by atoms with van der Waals surface area (Å²) in [5, 5.41) is 0. The fraction of sp³-hybridized carbons (Fsp3) is 0.273. The molecule has 0 unspecified atom stereocenters. The molecule has 0 spiro atoms. The van der Waals surface area contributed by atoms with Gasteiger partial charge in [-0.1, -0.05) is 54.0 Å². The molecule has 3 aromatic rings. The normalized spacial score (nSPS) is 17.6. The molecule has 1 aliphatic heterocycles. The van der Waals surface area contributed by atoms with Crippen LogP contribution in [0.1, 0.15) is 27.7 Å². The van der Waals surface area contributed by atoms with Crippen molar-refractivity contribution in [1.82, 2.24) is 9.97 Å². The van der Waals surface area contributed by atoms with Crippen LogP contribution in [0.3, 0.4) is 0 Å². The molecule has 28 heavy (non-hydrogen) atoms. The standard InChI is InChI=1S/C22H24B2N2O2/c1-21(2)22(3,4)28-24(27-21)18-11-7-15(8-12-18)19-13-14-25-20(26-19)16-5-9-17(23)10-6-16/h5-14H,23H2,1-4H3. The summed E-state index contributed by atoms with van der Waals surface area (Å²) in [4.78, 5) is 9.17. The first-order valence-corrected chi connectivity index (χ1v) is 9.61. The Morgan fingerprint density at radius 2 is 1.36 bits per heavy atom. The Morgan fingerprint density at radius 3 is 1.96 bits per heavy atom. The number of aromatic nitrogens is 2. The van der Waals surface area contributed by atoms with Gasteiger partial charge in [0.2, 0.25) is 0 Å². The van der Waals surface area contributed by atoms with Gasteiger partial charge in [0.05, 0.1) is 16.9 Å². The summed E-state index contributed by atoms with van der Waals surface area (Å²) < 4.78 is 12.3. The third-order valence-electron chi connectivity index (χ3n) is 5.70. The smallest absolute Gasteiger partial charge is 0.399 e. The molecule has 0 aliphatic carbocycles. The molecule has 0 amide bonds. The van der Waals surface area contributed by atoms with Crippen LogP contribution in [0, 0.1) is 0 Å². The van der Waals surface area contributed by atoms with Crippen molar-refractivity contribution in [1.29, 1.82) is 0 Å². The van der Waals surface area contributed by atoms with E-state index in [9.17, 15) is 0 Å². The van der Waals surface area contributed by atoms with Crippen LogP contribution in [0.5, 0.6) is 0 Å². The minimum absolute atomic E-state index is 0.341. The van der Waals surface area contributed by atoms with Crippen molar-refractivity contribution in [2.45, 2.75) is 38.9 Å². The Morgan fingerprint density at radius 1 is 0.786 bits per heavy atom. The fourth-order valence-electron chi connectivity index (χ4n) is 3.15. The third-order valence-corrected chi connectivity index (χ3v) is 5.70. The lowest BCUT2D eigenvalue weighted by atomic mass is 9.79. The van der Waals surface area contributed by atoms with Crippen LogP contribution in [0.15, 0.2) is 60.8 Å². The van der Waals surface area contributed by atoms with Gasteiger partial charge >= 0.3 is 7.12 Å². The van der Waals surface area contributed by atoms with Gasteiger partial charge in [0.1, 0.15) is 7.85 Å². The Balaban J connectivity index is 1.58. The van der Waals surface area contributed by atoms with Gasteiger partial charge < -0.3 is 9.31 Å². The van der Waals surface area contributed by atoms with Crippen molar-refractivity contribution >= 4 is 25.9 Å². The fourth-order valence-corrected chi connectivity index (χ4v) is 3.15. The predicted octanol–water partition coefficient (Wildman–Crippen LogP) is 2.37. The second kappa shape index (κ2) is 6.87. The molecule has 0 radical (unpaired) electrons. The maximum Gasteiger partial charge on any atom is 0.494 e. The first kappa shape index (κ1) is 18.9. The van der Waals surface area contributed by atoms with Gasteiger partial charge in [-0.15, -0.1) is 0 Å². The molecule has 0 saturated carbocycles. The minimum atomic E-state index is -0.354. The summed E-state index contributed by atoms with van der Waals surface area (Å²) >= 11 is 0. The summed E-state index contributed by atoms with van der Waals surface area (Å²) in [6, 6.07) is 18.4. The van der Waals surface area contributed by atoms with Crippen LogP contribution in [-0.2, 0) is 9.31 Å². The lowest BCUT2D eigenvalue weighted by Gasteiger charge is -2.32. The van der Waals surface area contributed by atoms with E-state index >= 15 is 0 Å². The molecule has 0 atom stereocenters. The molecule has 4 nitrogen and oxygen atoms in total. The van der Waals surface area contributed by atoms with Gasteiger partial charge in [-0.25, -0.2) is 9.97 Å². The summed E-state index contributed by atoms with van der Waals surface area (Å²) in [5.41, 5.74) is 4.49. The van der Waals surface area contributed by atoms with E-state index in [4.69, 9.17) is 14.3 Å². The van der Waals surface area contributed by atoms with E-state index in [0.29, 0.717) is 0 Å². The van der Waals surface area contributed by atoms with Crippen LogP contribution < -0.4 is 10.9 Å². The van der Waals surface area contributed by atoms with Crippen molar-refractivity contribution in [2.75, 3.05) is 0 Å². The predicted molar refractivity (Wildman–Crippen MR) is 117 cm³/mol. The van der Waals surface area contributed by atoms with Gasteiger partial charge in [-0.05, 0) is 39.2 Å². The molecule has 4 rings (SSSR count). The van der Waals surface area contributed by atoms with Crippen LogP contribution in [0.25, 0.3) is 22.6 Å². The molecular formula is C22H24B2N2O2. The van der Waals surface area contributed by atoms with Crippen LogP contribution >= 0.6 is 0 Å². The van der Waals surface area contributed by atoms with Crippen molar-refractivity contribution in [3.8, 4) is 22.6 Å². The Kier molecular flexibility index (Phi) is 4.64. The van der Waals surface area contributed by atoms with E-state index in [1.165, 1.54) is 5.46 Å². The highest BCUT2D eigenvalue weighted by molar-refractivity contribution is 6.62. The highest BCUT2D eigenvalue weighted by Crippen LogP contribution is 2.36. The highest BCUT2D eigenvalue weighted by atomic mass is 16.7. The summed E-state index contributed by atoms with van der Waals surface area (Å²) in [5.74, 6) is 0.729. The molecular weight excluding hydrogens is 346 g/mol. The summed E-state index contributed by atoms with van der Waals surface area (Å²) in [7, 11) is 1.72.